The molecule has 1 aliphatic rings. The first kappa shape index (κ1) is 22.6. The Hall–Kier alpha value is -2.10. The van der Waals surface area contributed by atoms with Crippen molar-refractivity contribution in [3.05, 3.63) is 36.2 Å². The summed E-state index contributed by atoms with van der Waals surface area (Å²) in [5, 5.41) is 0.140. The molecule has 3 rings (SSSR count). The number of anilines is 1. The van der Waals surface area contributed by atoms with E-state index in [4.69, 9.17) is 9.47 Å². The summed E-state index contributed by atoms with van der Waals surface area (Å²) in [7, 11) is -0.0969. The van der Waals surface area contributed by atoms with E-state index in [1.54, 1.807) is 31.9 Å². The van der Waals surface area contributed by atoms with Crippen LogP contribution in [0.5, 0.6) is 5.75 Å². The topological polar surface area (TPSA) is 76.9 Å². The van der Waals surface area contributed by atoms with Gasteiger partial charge in [0, 0.05) is 51.6 Å². The molecule has 0 amide bonds. The molecule has 0 bridgehead atoms. The highest BCUT2D eigenvalue weighted by Gasteiger charge is 2.27. The van der Waals surface area contributed by atoms with E-state index in [2.05, 4.69) is 33.8 Å². The van der Waals surface area contributed by atoms with Crippen LogP contribution in [0, 0.1) is 0 Å². The number of methoxy groups -OCH3 is 2. The van der Waals surface area contributed by atoms with Crippen LogP contribution in [-0.4, -0.2) is 75.1 Å². The molecule has 0 unspecified atom stereocenters. The van der Waals surface area contributed by atoms with Gasteiger partial charge in [0.15, 0.2) is 0 Å². The van der Waals surface area contributed by atoms with E-state index >= 15 is 0 Å². The maximum Gasteiger partial charge on any atom is 0.227 e. The van der Waals surface area contributed by atoms with Crippen molar-refractivity contribution in [3.63, 3.8) is 0 Å². The monoisotopic (exact) mass is 436 g/mol. The fourth-order valence-corrected chi connectivity index (χ4v) is 4.80. The Balaban J connectivity index is 1.72. The van der Waals surface area contributed by atoms with Crippen molar-refractivity contribution in [3.8, 4) is 5.75 Å². The molecule has 0 saturated carbocycles. The second kappa shape index (κ2) is 9.80. The number of hydrogen-bond acceptors (Lipinski definition) is 7. The number of aromatic nitrogens is 2. The summed E-state index contributed by atoms with van der Waals surface area (Å²) >= 11 is 0. The number of sulfone groups is 1. The van der Waals surface area contributed by atoms with Gasteiger partial charge in [-0.1, -0.05) is 6.92 Å². The molecule has 2 aromatic rings. The zero-order chi connectivity index (χ0) is 21.7. The smallest absolute Gasteiger partial charge is 0.227 e. The van der Waals surface area contributed by atoms with E-state index in [-0.39, 0.29) is 10.9 Å². The van der Waals surface area contributed by atoms with Gasteiger partial charge < -0.3 is 18.9 Å². The maximum atomic E-state index is 12.4. The number of rotatable bonds is 9. The first-order chi connectivity index (χ1) is 14.4. The number of benzene rings is 1. The molecule has 166 valence electrons. The van der Waals surface area contributed by atoms with Gasteiger partial charge in [-0.3, -0.25) is 4.90 Å². The lowest BCUT2D eigenvalue weighted by atomic mass is 10.1. The van der Waals surface area contributed by atoms with Gasteiger partial charge in [-0.2, -0.15) is 0 Å². The maximum absolute atomic E-state index is 12.4. The third-order valence-corrected chi connectivity index (χ3v) is 7.29. The summed E-state index contributed by atoms with van der Waals surface area (Å²) in [5.41, 5.74) is 2.09. The SMILES string of the molecule is CCS(=O)(=O)c1ncc(CN2CCN(c3ccc(OC)cc3)C[C@H]2C)n1CCOC. The molecule has 1 aromatic carbocycles. The minimum Gasteiger partial charge on any atom is -0.497 e. The zero-order valence-electron chi connectivity index (χ0n) is 18.2. The fraction of sp³-hybridized carbons (Fsp3) is 0.571. The standard InChI is InChI=1S/C21H32N4O4S/c1-5-30(26,27)21-22-14-19(25(21)12-13-28-3)16-23-10-11-24(15-17(23)2)18-6-8-20(29-4)9-7-18/h6-9,14,17H,5,10-13,15-16H2,1-4H3/t17-/m1/s1. The molecule has 30 heavy (non-hydrogen) atoms. The van der Waals surface area contributed by atoms with Crippen molar-refractivity contribution in [1.82, 2.24) is 14.5 Å². The van der Waals surface area contributed by atoms with E-state index in [0.717, 1.165) is 31.1 Å². The second-order valence-electron chi connectivity index (χ2n) is 7.54. The number of ether oxygens (including phenoxy) is 2. The number of nitrogens with zero attached hydrogens (tertiary/aromatic N) is 4. The lowest BCUT2D eigenvalue weighted by Gasteiger charge is -2.41. The lowest BCUT2D eigenvalue weighted by molar-refractivity contribution is 0.166. The fourth-order valence-electron chi connectivity index (χ4n) is 3.78. The third-order valence-electron chi connectivity index (χ3n) is 5.65. The number of imidazole rings is 1. The Bertz CT molecular complexity index is 927. The highest BCUT2D eigenvalue weighted by Crippen LogP contribution is 2.24. The largest absolute Gasteiger partial charge is 0.497 e. The van der Waals surface area contributed by atoms with Gasteiger partial charge in [-0.15, -0.1) is 0 Å². The van der Waals surface area contributed by atoms with Gasteiger partial charge in [0.05, 0.1) is 31.4 Å². The van der Waals surface area contributed by atoms with Crippen LogP contribution in [0.25, 0.3) is 0 Å². The van der Waals surface area contributed by atoms with E-state index in [1.807, 2.05) is 12.1 Å². The predicted octanol–water partition coefficient (Wildman–Crippen LogP) is 2.04. The minimum atomic E-state index is -3.38. The van der Waals surface area contributed by atoms with Gasteiger partial charge in [0.1, 0.15) is 5.75 Å². The molecule has 1 fully saturated rings. The average Bonchev–Trinajstić information content (AvgIpc) is 3.17. The summed E-state index contributed by atoms with van der Waals surface area (Å²) in [5.74, 6) is 0.889. The quantitative estimate of drug-likeness (QED) is 0.595. The molecule has 1 atom stereocenters. The predicted molar refractivity (Wildman–Crippen MR) is 117 cm³/mol. The third kappa shape index (κ3) is 4.96. The Kier molecular flexibility index (Phi) is 7.38. The van der Waals surface area contributed by atoms with Crippen LogP contribution in [0.1, 0.15) is 19.5 Å². The molecule has 9 heteroatoms. The van der Waals surface area contributed by atoms with Crippen molar-refractivity contribution in [1.29, 1.82) is 0 Å². The zero-order valence-corrected chi connectivity index (χ0v) is 19.1. The molecule has 0 radical (unpaired) electrons. The molecule has 8 nitrogen and oxygen atoms in total. The molecule has 1 saturated heterocycles. The van der Waals surface area contributed by atoms with Crippen LogP contribution in [0.15, 0.2) is 35.6 Å². The van der Waals surface area contributed by atoms with Gasteiger partial charge in [-0.25, -0.2) is 13.4 Å². The van der Waals surface area contributed by atoms with Crippen molar-refractivity contribution < 1.29 is 17.9 Å². The van der Waals surface area contributed by atoms with E-state index in [1.165, 1.54) is 5.69 Å². The van der Waals surface area contributed by atoms with Crippen LogP contribution in [0.2, 0.25) is 0 Å². The minimum absolute atomic E-state index is 0.0351. The lowest BCUT2D eigenvalue weighted by Crippen LogP contribution is -2.51. The average molecular weight is 437 g/mol. The molecule has 1 aromatic heterocycles. The van der Waals surface area contributed by atoms with Crippen LogP contribution in [-0.2, 0) is 27.7 Å². The number of hydrogen-bond donors (Lipinski definition) is 0. The van der Waals surface area contributed by atoms with Crippen LogP contribution >= 0.6 is 0 Å². The van der Waals surface area contributed by atoms with Crippen molar-refractivity contribution >= 4 is 15.5 Å². The summed E-state index contributed by atoms with van der Waals surface area (Å²) < 4.78 is 37.1. The van der Waals surface area contributed by atoms with Crippen LogP contribution in [0.4, 0.5) is 5.69 Å². The summed E-state index contributed by atoms with van der Waals surface area (Å²) in [6.07, 6.45) is 1.70. The Morgan fingerprint density at radius 1 is 1.17 bits per heavy atom. The summed E-state index contributed by atoms with van der Waals surface area (Å²) in [6, 6.07) is 8.46. The van der Waals surface area contributed by atoms with Gasteiger partial charge >= 0.3 is 0 Å². The first-order valence-corrected chi connectivity index (χ1v) is 11.9. The van der Waals surface area contributed by atoms with E-state index < -0.39 is 9.84 Å². The molecule has 0 aliphatic carbocycles. The summed E-state index contributed by atoms with van der Waals surface area (Å²) in [4.78, 5) is 9.00. The highest BCUT2D eigenvalue weighted by atomic mass is 32.2. The Labute approximate surface area is 179 Å². The van der Waals surface area contributed by atoms with Gasteiger partial charge in [-0.05, 0) is 31.2 Å². The Morgan fingerprint density at radius 3 is 2.50 bits per heavy atom. The molecular formula is C21H32N4O4S. The normalized spacial score (nSPS) is 18.0. The summed E-state index contributed by atoms with van der Waals surface area (Å²) in [6.45, 7) is 8.12. The highest BCUT2D eigenvalue weighted by molar-refractivity contribution is 7.91. The van der Waals surface area contributed by atoms with Gasteiger partial charge in [0.2, 0.25) is 15.0 Å². The van der Waals surface area contributed by atoms with Crippen LogP contribution < -0.4 is 9.64 Å². The van der Waals surface area contributed by atoms with Crippen LogP contribution in [0.3, 0.4) is 0 Å². The van der Waals surface area contributed by atoms with E-state index in [9.17, 15) is 8.42 Å². The molecule has 1 aliphatic heterocycles. The molecule has 0 spiro atoms. The Morgan fingerprint density at radius 2 is 1.90 bits per heavy atom. The molecule has 2 heterocycles. The van der Waals surface area contributed by atoms with E-state index in [0.29, 0.717) is 25.7 Å². The van der Waals surface area contributed by atoms with Crippen molar-refractivity contribution in [2.24, 2.45) is 0 Å². The van der Waals surface area contributed by atoms with Gasteiger partial charge in [0.25, 0.3) is 0 Å². The van der Waals surface area contributed by atoms with Crippen molar-refractivity contribution in [2.45, 2.75) is 38.1 Å². The number of piperazine rings is 1. The first-order valence-electron chi connectivity index (χ1n) is 10.3. The molecular weight excluding hydrogens is 404 g/mol. The van der Waals surface area contributed by atoms with Crippen molar-refractivity contribution in [2.75, 3.05) is 51.1 Å². The second-order valence-corrected chi connectivity index (χ2v) is 9.72. The molecule has 0 N–H and O–H groups in total.